The highest BCUT2D eigenvalue weighted by atomic mass is 19.4. The van der Waals surface area contributed by atoms with Crippen molar-refractivity contribution in [1.82, 2.24) is 9.55 Å². The van der Waals surface area contributed by atoms with Gasteiger partial charge in [0.2, 0.25) is 0 Å². The molecule has 0 fully saturated rings. The van der Waals surface area contributed by atoms with Crippen LogP contribution in [0.4, 0.5) is 26.3 Å². The maximum atomic E-state index is 13.7. The minimum Gasteiger partial charge on any atom is -0.493 e. The SMILES string of the molecule is O=c1c2cc(OCC(CO)CO)ccc2nc(Cc2ccccc2)n1-c1ccc(C(O)(C(F)(F)F)C(F)(F)F)cc1. The van der Waals surface area contributed by atoms with E-state index in [1.165, 1.54) is 18.2 Å². The molecule has 0 aliphatic rings. The molecule has 0 radical (unpaired) electrons. The molecular weight excluding hydrogens is 558 g/mol. The molecule has 218 valence electrons. The van der Waals surface area contributed by atoms with Crippen LogP contribution in [0.2, 0.25) is 0 Å². The first-order valence-corrected chi connectivity index (χ1v) is 12.2. The number of aliphatic hydroxyl groups excluding tert-OH is 2. The van der Waals surface area contributed by atoms with Crippen LogP contribution in [-0.4, -0.2) is 57.0 Å². The molecule has 0 spiro atoms. The van der Waals surface area contributed by atoms with Gasteiger partial charge in [0.05, 0.1) is 36.4 Å². The van der Waals surface area contributed by atoms with Crippen LogP contribution in [0, 0.1) is 5.92 Å². The summed E-state index contributed by atoms with van der Waals surface area (Å²) in [5.41, 5.74) is -6.37. The molecule has 0 unspecified atom stereocenters. The first-order valence-electron chi connectivity index (χ1n) is 12.2. The zero-order valence-corrected chi connectivity index (χ0v) is 21.2. The molecule has 0 saturated carbocycles. The van der Waals surface area contributed by atoms with Crippen LogP contribution in [0.25, 0.3) is 16.6 Å². The summed E-state index contributed by atoms with van der Waals surface area (Å²) in [4.78, 5) is 18.3. The number of aliphatic hydroxyl groups is 3. The summed E-state index contributed by atoms with van der Waals surface area (Å²) >= 11 is 0. The van der Waals surface area contributed by atoms with Gasteiger partial charge in [-0.25, -0.2) is 4.98 Å². The summed E-state index contributed by atoms with van der Waals surface area (Å²) < 4.78 is 86.9. The summed E-state index contributed by atoms with van der Waals surface area (Å²) in [7, 11) is 0. The monoisotopic (exact) mass is 582 g/mol. The number of aromatic nitrogens is 2. The van der Waals surface area contributed by atoms with Gasteiger partial charge in [-0.15, -0.1) is 0 Å². The summed E-state index contributed by atoms with van der Waals surface area (Å²) in [6.45, 7) is -0.737. The van der Waals surface area contributed by atoms with Gasteiger partial charge in [0.1, 0.15) is 11.6 Å². The van der Waals surface area contributed by atoms with E-state index in [1.807, 2.05) is 0 Å². The molecule has 13 heteroatoms. The predicted molar refractivity (Wildman–Crippen MR) is 136 cm³/mol. The minimum absolute atomic E-state index is 0.0371. The highest BCUT2D eigenvalue weighted by Gasteiger charge is 2.71. The van der Waals surface area contributed by atoms with E-state index in [9.17, 15) is 46.5 Å². The molecule has 1 heterocycles. The van der Waals surface area contributed by atoms with E-state index in [0.717, 1.165) is 22.3 Å². The first kappa shape index (κ1) is 30.0. The van der Waals surface area contributed by atoms with E-state index >= 15 is 0 Å². The smallest absolute Gasteiger partial charge is 0.430 e. The lowest BCUT2D eigenvalue weighted by atomic mass is 9.92. The van der Waals surface area contributed by atoms with Crippen LogP contribution in [0.3, 0.4) is 0 Å². The van der Waals surface area contributed by atoms with Crippen molar-refractivity contribution in [3.8, 4) is 11.4 Å². The Kier molecular flexibility index (Phi) is 8.43. The van der Waals surface area contributed by atoms with Crippen molar-refractivity contribution in [2.75, 3.05) is 19.8 Å². The largest absolute Gasteiger partial charge is 0.493 e. The number of alkyl halides is 6. The second-order valence-corrected chi connectivity index (χ2v) is 9.30. The van der Waals surface area contributed by atoms with E-state index in [4.69, 9.17) is 4.74 Å². The fourth-order valence-electron chi connectivity index (χ4n) is 4.18. The van der Waals surface area contributed by atoms with Gasteiger partial charge in [-0.05, 0) is 35.9 Å². The van der Waals surface area contributed by atoms with Crippen molar-refractivity contribution in [2.24, 2.45) is 5.92 Å². The Morgan fingerprint density at radius 2 is 1.46 bits per heavy atom. The fraction of sp³-hybridized carbons (Fsp3) is 0.286. The topological polar surface area (TPSA) is 105 Å². The van der Waals surface area contributed by atoms with Gasteiger partial charge < -0.3 is 20.1 Å². The zero-order valence-electron chi connectivity index (χ0n) is 21.2. The van der Waals surface area contributed by atoms with Crippen molar-refractivity contribution in [2.45, 2.75) is 24.4 Å². The third kappa shape index (κ3) is 5.92. The van der Waals surface area contributed by atoms with Gasteiger partial charge in [-0.1, -0.05) is 42.5 Å². The normalized spacial score (nSPS) is 12.7. The molecule has 4 aromatic rings. The predicted octanol–water partition coefficient (Wildman–Crippen LogP) is 4.27. The molecule has 4 rings (SSSR count). The van der Waals surface area contributed by atoms with Crippen LogP contribution in [-0.2, 0) is 12.0 Å². The standard InChI is InChI=1S/C28H24F6N2O5/c29-27(30,31)26(40,28(32,33)34)19-6-8-20(9-7-19)36-24(12-17-4-2-1-3-5-17)35-23-11-10-21(13-22(23)25(36)39)41-16-18(14-37)15-38/h1-11,13,18,37-38,40H,12,14-16H2. The van der Waals surface area contributed by atoms with Crippen molar-refractivity contribution >= 4 is 10.9 Å². The Morgan fingerprint density at radius 1 is 0.854 bits per heavy atom. The summed E-state index contributed by atoms with van der Waals surface area (Å²) in [6, 6.07) is 15.8. The number of rotatable bonds is 9. The van der Waals surface area contributed by atoms with E-state index < -0.39 is 35.0 Å². The Labute approximate surface area is 228 Å². The average Bonchev–Trinajstić information content (AvgIpc) is 2.93. The fourth-order valence-corrected chi connectivity index (χ4v) is 4.18. The Balaban J connectivity index is 1.85. The van der Waals surface area contributed by atoms with Crippen LogP contribution in [0.15, 0.2) is 77.6 Å². The Hall–Kier alpha value is -3.94. The second kappa shape index (κ2) is 11.5. The van der Waals surface area contributed by atoms with E-state index in [-0.39, 0.29) is 54.4 Å². The van der Waals surface area contributed by atoms with Gasteiger partial charge in [0.15, 0.2) is 0 Å². The van der Waals surface area contributed by atoms with Gasteiger partial charge in [0.25, 0.3) is 11.2 Å². The molecule has 1 aromatic heterocycles. The Bertz CT molecular complexity index is 1540. The van der Waals surface area contributed by atoms with E-state index in [1.54, 1.807) is 30.3 Å². The van der Waals surface area contributed by atoms with Crippen LogP contribution < -0.4 is 10.3 Å². The van der Waals surface area contributed by atoms with Crippen LogP contribution in [0.5, 0.6) is 5.75 Å². The highest BCUT2D eigenvalue weighted by molar-refractivity contribution is 5.79. The van der Waals surface area contributed by atoms with Crippen molar-refractivity contribution in [3.63, 3.8) is 0 Å². The summed E-state index contributed by atoms with van der Waals surface area (Å²) in [5.74, 6) is -0.210. The zero-order chi connectivity index (χ0) is 30.0. The quantitative estimate of drug-likeness (QED) is 0.255. The molecule has 0 amide bonds. The lowest BCUT2D eigenvalue weighted by Gasteiger charge is -2.32. The summed E-state index contributed by atoms with van der Waals surface area (Å²) in [5, 5.41) is 28.3. The van der Waals surface area contributed by atoms with Crippen molar-refractivity contribution in [1.29, 1.82) is 0 Å². The maximum Gasteiger partial charge on any atom is 0.430 e. The molecular formula is C28H24F6N2O5. The van der Waals surface area contributed by atoms with Crippen molar-refractivity contribution < 1.29 is 46.4 Å². The van der Waals surface area contributed by atoms with Crippen LogP contribution >= 0.6 is 0 Å². The number of hydrogen-bond donors (Lipinski definition) is 3. The van der Waals surface area contributed by atoms with E-state index in [2.05, 4.69) is 4.98 Å². The first-order chi connectivity index (χ1) is 19.3. The minimum atomic E-state index is -6.06. The molecule has 7 nitrogen and oxygen atoms in total. The molecule has 3 N–H and O–H groups in total. The third-order valence-corrected chi connectivity index (χ3v) is 6.48. The maximum absolute atomic E-state index is 13.7. The third-order valence-electron chi connectivity index (χ3n) is 6.48. The average molecular weight is 582 g/mol. The number of nitrogens with zero attached hydrogens (tertiary/aromatic N) is 2. The van der Waals surface area contributed by atoms with Gasteiger partial charge >= 0.3 is 12.4 Å². The number of halogens is 6. The number of fused-ring (bicyclic) bond motifs is 1. The highest BCUT2D eigenvalue weighted by Crippen LogP contribution is 2.50. The molecule has 0 aliphatic carbocycles. The van der Waals surface area contributed by atoms with Gasteiger partial charge in [-0.3, -0.25) is 9.36 Å². The number of benzene rings is 3. The Morgan fingerprint density at radius 3 is 2.02 bits per heavy atom. The molecule has 0 saturated heterocycles. The molecule has 0 atom stereocenters. The summed E-state index contributed by atoms with van der Waals surface area (Å²) in [6.07, 6.45) is -12.0. The second-order valence-electron chi connectivity index (χ2n) is 9.30. The van der Waals surface area contributed by atoms with E-state index in [0.29, 0.717) is 12.1 Å². The molecule has 41 heavy (non-hydrogen) atoms. The number of hydrogen-bond acceptors (Lipinski definition) is 6. The van der Waals surface area contributed by atoms with Crippen molar-refractivity contribution in [3.05, 3.63) is 100 Å². The lowest BCUT2D eigenvalue weighted by Crippen LogP contribution is -2.53. The molecule has 0 bridgehead atoms. The molecule has 3 aromatic carbocycles. The van der Waals surface area contributed by atoms with Crippen LogP contribution in [0.1, 0.15) is 17.0 Å². The number of ether oxygens (including phenoxy) is 1. The van der Waals surface area contributed by atoms with Gasteiger partial charge in [0, 0.05) is 17.9 Å². The lowest BCUT2D eigenvalue weighted by molar-refractivity contribution is -0.376. The van der Waals surface area contributed by atoms with Gasteiger partial charge in [-0.2, -0.15) is 26.3 Å². The molecule has 0 aliphatic heterocycles.